The molecule has 3 nitrogen and oxygen atoms in total. The van der Waals surface area contributed by atoms with Gasteiger partial charge in [-0.3, -0.25) is 4.79 Å². The molecule has 0 radical (unpaired) electrons. The van der Waals surface area contributed by atoms with Crippen LogP contribution in [0, 0.1) is 5.92 Å². The van der Waals surface area contributed by atoms with Gasteiger partial charge in [-0.25, -0.2) is 0 Å². The number of aryl methyl sites for hydroxylation is 2. The highest BCUT2D eigenvalue weighted by atomic mass is 32.2. The molecule has 0 fully saturated rings. The third kappa shape index (κ3) is 4.00. The van der Waals surface area contributed by atoms with E-state index in [1.54, 1.807) is 11.8 Å². The number of thioether (sulfide) groups is 1. The zero-order chi connectivity index (χ0) is 14.5. The Morgan fingerprint density at radius 2 is 2.10 bits per heavy atom. The maximum absolute atomic E-state index is 11.9. The van der Waals surface area contributed by atoms with Crippen LogP contribution in [0.3, 0.4) is 0 Å². The van der Waals surface area contributed by atoms with Crippen molar-refractivity contribution in [1.82, 2.24) is 5.32 Å². The highest BCUT2D eigenvalue weighted by molar-refractivity contribution is 8.00. The number of rotatable bonds is 6. The smallest absolute Gasteiger partial charge is 0.230 e. The molecule has 4 heteroatoms. The largest absolute Gasteiger partial charge is 0.394 e. The van der Waals surface area contributed by atoms with Crippen LogP contribution in [-0.2, 0) is 17.6 Å². The number of benzene rings is 1. The first-order valence-electron chi connectivity index (χ1n) is 7.25. The summed E-state index contributed by atoms with van der Waals surface area (Å²) in [6, 6.07) is 6.36. The molecule has 20 heavy (non-hydrogen) atoms. The summed E-state index contributed by atoms with van der Waals surface area (Å²) in [5.74, 6) is 0.638. The Hall–Kier alpha value is -1.00. The quantitative estimate of drug-likeness (QED) is 0.792. The minimum Gasteiger partial charge on any atom is -0.394 e. The first kappa shape index (κ1) is 15.4. The summed E-state index contributed by atoms with van der Waals surface area (Å²) in [6.45, 7) is 3.98. The maximum Gasteiger partial charge on any atom is 0.230 e. The molecule has 1 aliphatic rings. The Morgan fingerprint density at radius 3 is 2.80 bits per heavy atom. The van der Waals surface area contributed by atoms with E-state index in [-0.39, 0.29) is 24.5 Å². The second-order valence-corrected chi connectivity index (χ2v) is 6.72. The fourth-order valence-electron chi connectivity index (χ4n) is 2.46. The van der Waals surface area contributed by atoms with Crippen LogP contribution < -0.4 is 5.32 Å². The van der Waals surface area contributed by atoms with Crippen LogP contribution in [0.5, 0.6) is 0 Å². The summed E-state index contributed by atoms with van der Waals surface area (Å²) in [4.78, 5) is 13.0. The Balaban J connectivity index is 1.84. The van der Waals surface area contributed by atoms with Crippen molar-refractivity contribution in [2.45, 2.75) is 44.0 Å². The second-order valence-electron chi connectivity index (χ2n) is 5.67. The molecule has 0 heterocycles. The van der Waals surface area contributed by atoms with Gasteiger partial charge in [0.2, 0.25) is 5.91 Å². The van der Waals surface area contributed by atoms with Crippen molar-refractivity contribution in [3.05, 3.63) is 29.3 Å². The van der Waals surface area contributed by atoms with Gasteiger partial charge in [0.25, 0.3) is 0 Å². The fourth-order valence-corrected chi connectivity index (χ4v) is 3.23. The molecular formula is C16H23NO2S. The topological polar surface area (TPSA) is 49.3 Å². The van der Waals surface area contributed by atoms with Gasteiger partial charge in [-0.1, -0.05) is 19.9 Å². The minimum atomic E-state index is -0.150. The minimum absolute atomic E-state index is 0.00703. The predicted octanol–water partition coefficient (Wildman–Crippen LogP) is 2.40. The number of aliphatic hydroxyl groups excluding tert-OH is 1. The van der Waals surface area contributed by atoms with Gasteiger partial charge >= 0.3 is 0 Å². The van der Waals surface area contributed by atoms with Crippen molar-refractivity contribution in [3.63, 3.8) is 0 Å². The van der Waals surface area contributed by atoms with Gasteiger partial charge in [-0.2, -0.15) is 0 Å². The number of aliphatic hydroxyl groups is 1. The molecule has 0 bridgehead atoms. The number of amides is 1. The zero-order valence-corrected chi connectivity index (χ0v) is 13.0. The third-order valence-electron chi connectivity index (χ3n) is 3.79. The average molecular weight is 293 g/mol. The van der Waals surface area contributed by atoms with E-state index in [9.17, 15) is 9.90 Å². The molecule has 110 valence electrons. The number of hydrogen-bond donors (Lipinski definition) is 2. The van der Waals surface area contributed by atoms with Crippen molar-refractivity contribution >= 4 is 17.7 Å². The summed E-state index contributed by atoms with van der Waals surface area (Å²) >= 11 is 1.57. The Morgan fingerprint density at radius 1 is 1.35 bits per heavy atom. The normalized spacial score (nSPS) is 15.2. The lowest BCUT2D eigenvalue weighted by Crippen LogP contribution is -2.41. The van der Waals surface area contributed by atoms with Gasteiger partial charge < -0.3 is 10.4 Å². The van der Waals surface area contributed by atoms with Crippen molar-refractivity contribution in [1.29, 1.82) is 0 Å². The van der Waals surface area contributed by atoms with Gasteiger partial charge in [0.05, 0.1) is 18.4 Å². The summed E-state index contributed by atoms with van der Waals surface area (Å²) in [5, 5.41) is 12.1. The molecule has 1 aliphatic carbocycles. The van der Waals surface area contributed by atoms with Crippen LogP contribution in [0.25, 0.3) is 0 Å². The maximum atomic E-state index is 11.9. The first-order valence-corrected chi connectivity index (χ1v) is 8.23. The highest BCUT2D eigenvalue weighted by Gasteiger charge is 2.15. The Labute approximate surface area is 125 Å². The van der Waals surface area contributed by atoms with Gasteiger partial charge in [-0.05, 0) is 48.4 Å². The molecule has 0 spiro atoms. The van der Waals surface area contributed by atoms with E-state index in [0.29, 0.717) is 5.75 Å². The molecule has 0 saturated carbocycles. The zero-order valence-electron chi connectivity index (χ0n) is 12.2. The third-order valence-corrected chi connectivity index (χ3v) is 4.78. The summed E-state index contributed by atoms with van der Waals surface area (Å²) in [6.07, 6.45) is 3.60. The summed E-state index contributed by atoms with van der Waals surface area (Å²) in [5.41, 5.74) is 2.89. The predicted molar refractivity (Wildman–Crippen MR) is 83.0 cm³/mol. The molecule has 0 saturated heterocycles. The number of carbonyl (C=O) groups is 1. The van der Waals surface area contributed by atoms with E-state index < -0.39 is 0 Å². The average Bonchev–Trinajstić information content (AvgIpc) is 2.89. The van der Waals surface area contributed by atoms with Crippen molar-refractivity contribution in [2.24, 2.45) is 5.92 Å². The molecule has 1 aromatic rings. The van der Waals surface area contributed by atoms with Crippen molar-refractivity contribution in [3.8, 4) is 0 Å². The Bertz CT molecular complexity index is 474. The number of fused-ring (bicyclic) bond motifs is 1. The van der Waals surface area contributed by atoms with Gasteiger partial charge in [0.15, 0.2) is 0 Å². The number of carbonyl (C=O) groups excluding carboxylic acids is 1. The lowest BCUT2D eigenvalue weighted by Gasteiger charge is -2.19. The van der Waals surface area contributed by atoms with E-state index in [1.807, 2.05) is 13.8 Å². The van der Waals surface area contributed by atoms with Crippen LogP contribution in [0.4, 0.5) is 0 Å². The van der Waals surface area contributed by atoms with Gasteiger partial charge in [0, 0.05) is 4.90 Å². The van der Waals surface area contributed by atoms with Crippen LogP contribution in [0.1, 0.15) is 31.4 Å². The van der Waals surface area contributed by atoms with Crippen LogP contribution in [0.15, 0.2) is 23.1 Å². The lowest BCUT2D eigenvalue weighted by molar-refractivity contribution is -0.119. The molecule has 1 aromatic carbocycles. The first-order chi connectivity index (χ1) is 9.60. The molecule has 1 amide bonds. The standard InChI is InChI=1S/C16H23NO2S/c1-11(2)15(9-18)17-16(19)10-20-14-7-6-12-4-3-5-13(12)8-14/h6-8,11,15,18H,3-5,9-10H2,1-2H3,(H,17,19)/t15-/m1/s1. The molecule has 0 aromatic heterocycles. The number of hydrogen-bond acceptors (Lipinski definition) is 3. The molecule has 0 aliphatic heterocycles. The Kier molecular flexibility index (Phi) is 5.49. The summed E-state index contributed by atoms with van der Waals surface area (Å²) in [7, 11) is 0. The van der Waals surface area contributed by atoms with Crippen LogP contribution in [-0.4, -0.2) is 29.4 Å². The molecule has 2 N–H and O–H groups in total. The van der Waals surface area contributed by atoms with E-state index in [1.165, 1.54) is 24.0 Å². The van der Waals surface area contributed by atoms with Gasteiger partial charge in [-0.15, -0.1) is 11.8 Å². The van der Waals surface area contributed by atoms with E-state index >= 15 is 0 Å². The van der Waals surface area contributed by atoms with Gasteiger partial charge in [0.1, 0.15) is 0 Å². The van der Waals surface area contributed by atoms with E-state index in [0.717, 1.165) is 11.3 Å². The second kappa shape index (κ2) is 7.14. The highest BCUT2D eigenvalue weighted by Crippen LogP contribution is 2.27. The number of nitrogens with one attached hydrogen (secondary N) is 1. The molecular weight excluding hydrogens is 270 g/mol. The summed E-state index contributed by atoms with van der Waals surface area (Å²) < 4.78 is 0. The van der Waals surface area contributed by atoms with Crippen molar-refractivity contribution in [2.75, 3.05) is 12.4 Å². The lowest BCUT2D eigenvalue weighted by atomic mass is 10.1. The molecule has 0 unspecified atom stereocenters. The van der Waals surface area contributed by atoms with Crippen molar-refractivity contribution < 1.29 is 9.90 Å². The SMILES string of the molecule is CC(C)[C@@H](CO)NC(=O)CSc1ccc2c(c1)CCC2. The van der Waals surface area contributed by atoms with E-state index in [2.05, 4.69) is 23.5 Å². The van der Waals surface area contributed by atoms with E-state index in [4.69, 9.17) is 0 Å². The molecule has 2 rings (SSSR count). The monoisotopic (exact) mass is 293 g/mol. The van der Waals surface area contributed by atoms with Crippen LogP contribution in [0.2, 0.25) is 0 Å². The molecule has 1 atom stereocenters. The van der Waals surface area contributed by atoms with Crippen LogP contribution >= 0.6 is 11.8 Å². The fraction of sp³-hybridized carbons (Fsp3) is 0.562.